The molecule has 0 aliphatic heterocycles. The number of halogens is 5. The van der Waals surface area contributed by atoms with Crippen LogP contribution in [0.15, 0.2) is 24.3 Å². The Morgan fingerprint density at radius 2 is 1.50 bits per heavy atom. The Hall–Kier alpha value is -2.03. The van der Waals surface area contributed by atoms with E-state index in [0.29, 0.717) is 5.69 Å². The number of carbonyl (C=O) groups is 1. The highest BCUT2D eigenvalue weighted by Gasteiger charge is 2.66. The Morgan fingerprint density at radius 3 is 1.86 bits per heavy atom. The molecule has 14 heteroatoms. The van der Waals surface area contributed by atoms with E-state index in [4.69, 9.17) is 14.8 Å². The van der Waals surface area contributed by atoms with Crippen molar-refractivity contribution in [3.8, 4) is 0 Å². The zero-order valence-electron chi connectivity index (χ0n) is 13.9. The molecular formula is C14H16F5NO7S. The lowest BCUT2D eigenvalue weighted by Crippen LogP contribution is -2.52. The first-order chi connectivity index (χ1) is 12.8. The number of rotatable bonds is 9. The van der Waals surface area contributed by atoms with Crippen LogP contribution in [0.4, 0.5) is 27.6 Å². The van der Waals surface area contributed by atoms with E-state index >= 15 is 0 Å². The number of aliphatic hydroxyl groups is 2. The van der Waals surface area contributed by atoms with Crippen LogP contribution >= 0.6 is 0 Å². The van der Waals surface area contributed by atoms with Gasteiger partial charge in [0.25, 0.3) is 6.10 Å². The summed E-state index contributed by atoms with van der Waals surface area (Å²) in [7, 11) is -6.53. The summed E-state index contributed by atoms with van der Waals surface area (Å²) < 4.78 is 98.3. The van der Waals surface area contributed by atoms with Crippen LogP contribution in [-0.2, 0) is 14.9 Å². The molecule has 8 nitrogen and oxygen atoms in total. The van der Waals surface area contributed by atoms with E-state index in [2.05, 4.69) is 4.74 Å². The zero-order valence-corrected chi connectivity index (χ0v) is 14.8. The summed E-state index contributed by atoms with van der Waals surface area (Å²) in [6, 6.07) is 4.20. The first-order valence-electron chi connectivity index (χ1n) is 7.45. The number of nitrogens with zero attached hydrogens (tertiary/aromatic N) is 1. The second-order valence-electron chi connectivity index (χ2n) is 5.34. The SMILES string of the molecule is O=C(OC(C(F)(F)F)C(F)(F)S(=O)(=O)O)c1ccc(N(CCO)CCO)cc1. The Morgan fingerprint density at radius 1 is 1.04 bits per heavy atom. The van der Waals surface area contributed by atoms with Crippen LogP contribution in [0.3, 0.4) is 0 Å². The maximum absolute atomic E-state index is 13.4. The van der Waals surface area contributed by atoms with Gasteiger partial charge in [-0.15, -0.1) is 0 Å². The van der Waals surface area contributed by atoms with Crippen molar-refractivity contribution in [3.63, 3.8) is 0 Å². The summed E-state index contributed by atoms with van der Waals surface area (Å²) in [5.74, 6) is -1.91. The Bertz CT molecular complexity index is 761. The maximum Gasteiger partial charge on any atom is 0.432 e. The molecule has 1 aromatic rings. The minimum atomic E-state index is -6.53. The average Bonchev–Trinajstić information content (AvgIpc) is 2.57. The second kappa shape index (κ2) is 8.98. The molecule has 0 amide bonds. The third-order valence-corrected chi connectivity index (χ3v) is 4.28. The van der Waals surface area contributed by atoms with Gasteiger partial charge in [0.15, 0.2) is 0 Å². The molecule has 0 radical (unpaired) electrons. The van der Waals surface area contributed by atoms with Crippen molar-refractivity contribution in [2.24, 2.45) is 0 Å². The van der Waals surface area contributed by atoms with Crippen LogP contribution < -0.4 is 4.90 Å². The predicted molar refractivity (Wildman–Crippen MR) is 84.6 cm³/mol. The van der Waals surface area contributed by atoms with E-state index in [0.717, 1.165) is 12.1 Å². The molecule has 3 N–H and O–H groups in total. The molecule has 160 valence electrons. The summed E-state index contributed by atoms with van der Waals surface area (Å²) in [4.78, 5) is 13.2. The van der Waals surface area contributed by atoms with Crippen molar-refractivity contribution < 1.29 is 54.7 Å². The van der Waals surface area contributed by atoms with Gasteiger partial charge in [0, 0.05) is 18.8 Å². The highest BCUT2D eigenvalue weighted by molar-refractivity contribution is 7.86. The Labute approximate surface area is 155 Å². The molecule has 0 heterocycles. The fourth-order valence-corrected chi connectivity index (χ4v) is 2.51. The standard InChI is InChI=1S/C14H16F5NO7S/c15-13(16,17)12(14(18,19)28(24,25)26)27-11(23)9-1-3-10(4-2-9)20(5-7-21)6-8-22/h1-4,12,21-22H,5-8H2,(H,24,25,26). The van der Waals surface area contributed by atoms with Crippen molar-refractivity contribution in [2.45, 2.75) is 17.5 Å². The normalized spacial score (nSPS) is 13.9. The number of aliphatic hydroxyl groups excluding tert-OH is 2. The fraction of sp³-hybridized carbons (Fsp3) is 0.500. The zero-order chi connectivity index (χ0) is 21.8. The van der Waals surface area contributed by atoms with Gasteiger partial charge in [0.2, 0.25) is 0 Å². The first-order valence-corrected chi connectivity index (χ1v) is 8.89. The van der Waals surface area contributed by atoms with E-state index in [1.54, 1.807) is 0 Å². The highest BCUT2D eigenvalue weighted by Crippen LogP contribution is 2.38. The van der Waals surface area contributed by atoms with Gasteiger partial charge >= 0.3 is 27.5 Å². The van der Waals surface area contributed by atoms with Crippen LogP contribution in [0.2, 0.25) is 0 Å². The molecule has 28 heavy (non-hydrogen) atoms. The molecule has 0 aliphatic carbocycles. The molecule has 0 saturated carbocycles. The number of alkyl halides is 5. The van der Waals surface area contributed by atoms with Gasteiger partial charge < -0.3 is 19.8 Å². The van der Waals surface area contributed by atoms with Gasteiger partial charge in [-0.05, 0) is 24.3 Å². The van der Waals surface area contributed by atoms with Crippen molar-refractivity contribution >= 4 is 21.8 Å². The van der Waals surface area contributed by atoms with E-state index in [9.17, 15) is 35.2 Å². The van der Waals surface area contributed by atoms with Crippen molar-refractivity contribution in [1.29, 1.82) is 0 Å². The molecule has 1 rings (SSSR count). The minimum absolute atomic E-state index is 0.0844. The highest BCUT2D eigenvalue weighted by atomic mass is 32.2. The topological polar surface area (TPSA) is 124 Å². The quantitative estimate of drug-likeness (QED) is 0.298. The molecule has 1 aromatic carbocycles. The summed E-state index contributed by atoms with van der Waals surface area (Å²) in [6.07, 6.45) is -10.4. The predicted octanol–water partition coefficient (Wildman–Crippen LogP) is 1.05. The average molecular weight is 437 g/mol. The number of anilines is 1. The van der Waals surface area contributed by atoms with Crippen molar-refractivity contribution in [3.05, 3.63) is 29.8 Å². The molecule has 0 fully saturated rings. The van der Waals surface area contributed by atoms with Gasteiger partial charge in [0.05, 0.1) is 18.8 Å². The van der Waals surface area contributed by atoms with E-state index < -0.39 is 39.2 Å². The van der Waals surface area contributed by atoms with Crippen LogP contribution in [-0.4, -0.2) is 73.0 Å². The molecule has 0 saturated heterocycles. The van der Waals surface area contributed by atoms with Gasteiger partial charge in [0.1, 0.15) is 0 Å². The number of ether oxygens (including phenoxy) is 1. The Balaban J connectivity index is 3.10. The number of benzene rings is 1. The van der Waals surface area contributed by atoms with Crippen LogP contribution in [0.1, 0.15) is 10.4 Å². The fourth-order valence-electron chi connectivity index (χ4n) is 2.06. The lowest BCUT2D eigenvalue weighted by molar-refractivity contribution is -0.248. The van der Waals surface area contributed by atoms with Gasteiger partial charge in [-0.3, -0.25) is 4.55 Å². The molecule has 0 aliphatic rings. The van der Waals surface area contributed by atoms with Crippen molar-refractivity contribution in [1.82, 2.24) is 0 Å². The summed E-state index contributed by atoms with van der Waals surface area (Å²) in [5, 5.41) is 12.1. The van der Waals surface area contributed by atoms with E-state index in [1.807, 2.05) is 0 Å². The first kappa shape index (κ1) is 24.0. The monoisotopic (exact) mass is 437 g/mol. The van der Waals surface area contributed by atoms with Gasteiger partial charge in [-0.2, -0.15) is 30.4 Å². The summed E-state index contributed by atoms with van der Waals surface area (Å²) in [6.45, 7) is -0.411. The largest absolute Gasteiger partial charge is 0.441 e. The van der Waals surface area contributed by atoms with E-state index in [-0.39, 0.29) is 26.3 Å². The maximum atomic E-state index is 13.4. The number of hydrogen-bond donors (Lipinski definition) is 3. The third kappa shape index (κ3) is 5.73. The molecule has 0 aromatic heterocycles. The summed E-state index contributed by atoms with van der Waals surface area (Å²) in [5.41, 5.74) is -0.271. The molecule has 1 unspecified atom stereocenters. The number of carbonyl (C=O) groups excluding carboxylic acids is 1. The van der Waals surface area contributed by atoms with Gasteiger partial charge in [-0.1, -0.05) is 0 Å². The smallest absolute Gasteiger partial charge is 0.432 e. The summed E-state index contributed by atoms with van der Waals surface area (Å²) >= 11 is 0. The third-order valence-electron chi connectivity index (χ3n) is 3.38. The van der Waals surface area contributed by atoms with Crippen LogP contribution in [0.5, 0.6) is 0 Å². The number of esters is 1. The molecule has 0 spiro atoms. The van der Waals surface area contributed by atoms with Crippen LogP contribution in [0.25, 0.3) is 0 Å². The van der Waals surface area contributed by atoms with E-state index in [1.165, 1.54) is 17.0 Å². The Kier molecular flexibility index (Phi) is 7.70. The molecule has 0 bridgehead atoms. The number of hydrogen-bond acceptors (Lipinski definition) is 7. The lowest BCUT2D eigenvalue weighted by Gasteiger charge is -2.26. The molecule has 1 atom stereocenters. The van der Waals surface area contributed by atoms with Gasteiger partial charge in [-0.25, -0.2) is 4.79 Å². The minimum Gasteiger partial charge on any atom is -0.441 e. The van der Waals surface area contributed by atoms with Crippen LogP contribution in [0, 0.1) is 0 Å². The molecular weight excluding hydrogens is 421 g/mol. The van der Waals surface area contributed by atoms with Crippen molar-refractivity contribution in [2.75, 3.05) is 31.2 Å². The second-order valence-corrected chi connectivity index (χ2v) is 6.84. The lowest BCUT2D eigenvalue weighted by atomic mass is 10.2.